The lowest BCUT2D eigenvalue weighted by Crippen LogP contribution is -2.22. The lowest BCUT2D eigenvalue weighted by atomic mass is 10.2. The Morgan fingerprint density at radius 2 is 1.91 bits per heavy atom. The topological polar surface area (TPSA) is 68.0 Å². The molecule has 0 saturated heterocycles. The minimum atomic E-state index is -0.432. The lowest BCUT2D eigenvalue weighted by Gasteiger charge is -2.02. The number of hydrogen-bond donors (Lipinski definition) is 1. The van der Waals surface area contributed by atoms with Crippen molar-refractivity contribution in [1.82, 2.24) is 15.5 Å². The first-order chi connectivity index (χ1) is 11.1. The van der Waals surface area contributed by atoms with Crippen molar-refractivity contribution in [3.8, 4) is 11.4 Å². The third-order valence-corrected chi connectivity index (χ3v) is 3.62. The number of nitrogens with zero attached hydrogens (tertiary/aromatic N) is 2. The maximum Gasteiger partial charge on any atom is 0.251 e. The summed E-state index contributed by atoms with van der Waals surface area (Å²) in [6, 6.07) is 13.1. The first-order valence-corrected chi connectivity index (χ1v) is 7.54. The lowest BCUT2D eigenvalue weighted by molar-refractivity contribution is 0.0946. The van der Waals surface area contributed by atoms with E-state index in [4.69, 9.17) is 4.52 Å². The van der Waals surface area contributed by atoms with Gasteiger partial charge in [0.05, 0.1) is 12.1 Å². The molecule has 0 aliphatic carbocycles. The van der Waals surface area contributed by atoms with Crippen LogP contribution < -0.4 is 5.32 Å². The SMILES string of the molecule is O=C(NCc1nc(-c2ccccc2F)no1)c1ccc(Br)cc1. The van der Waals surface area contributed by atoms with Crippen LogP contribution in [-0.4, -0.2) is 16.0 Å². The number of amides is 1. The second-order valence-corrected chi connectivity index (χ2v) is 5.60. The summed E-state index contributed by atoms with van der Waals surface area (Å²) >= 11 is 3.31. The maximum atomic E-state index is 13.7. The number of carbonyl (C=O) groups is 1. The molecule has 7 heteroatoms. The quantitative estimate of drug-likeness (QED) is 0.756. The van der Waals surface area contributed by atoms with Crippen molar-refractivity contribution < 1.29 is 13.7 Å². The van der Waals surface area contributed by atoms with E-state index >= 15 is 0 Å². The first-order valence-electron chi connectivity index (χ1n) is 6.75. The van der Waals surface area contributed by atoms with Crippen LogP contribution in [0.3, 0.4) is 0 Å². The number of halogens is 2. The number of nitrogens with one attached hydrogen (secondary N) is 1. The first kappa shape index (κ1) is 15.4. The Balaban J connectivity index is 1.67. The van der Waals surface area contributed by atoms with Gasteiger partial charge in [0.2, 0.25) is 11.7 Å². The Morgan fingerprint density at radius 1 is 1.17 bits per heavy atom. The molecule has 0 atom stereocenters. The maximum absolute atomic E-state index is 13.7. The Hall–Kier alpha value is -2.54. The van der Waals surface area contributed by atoms with Crippen LogP contribution in [0.25, 0.3) is 11.4 Å². The van der Waals surface area contributed by atoms with Gasteiger partial charge in [0, 0.05) is 10.0 Å². The van der Waals surface area contributed by atoms with E-state index in [1.54, 1.807) is 42.5 Å². The van der Waals surface area contributed by atoms with Gasteiger partial charge in [-0.3, -0.25) is 4.79 Å². The number of benzene rings is 2. The molecular weight excluding hydrogens is 365 g/mol. The molecule has 0 unspecified atom stereocenters. The van der Waals surface area contributed by atoms with Crippen LogP contribution in [0.15, 0.2) is 57.5 Å². The van der Waals surface area contributed by atoms with Crippen LogP contribution in [0.1, 0.15) is 16.2 Å². The van der Waals surface area contributed by atoms with Gasteiger partial charge in [-0.15, -0.1) is 0 Å². The molecule has 3 aromatic rings. The van der Waals surface area contributed by atoms with Gasteiger partial charge in [-0.1, -0.05) is 33.2 Å². The molecule has 1 heterocycles. The summed E-state index contributed by atoms with van der Waals surface area (Å²) in [4.78, 5) is 16.1. The molecule has 0 aliphatic heterocycles. The third-order valence-electron chi connectivity index (χ3n) is 3.09. The zero-order valence-electron chi connectivity index (χ0n) is 11.8. The molecule has 2 aromatic carbocycles. The molecule has 0 saturated carbocycles. The molecule has 1 aromatic heterocycles. The van der Waals surface area contributed by atoms with Crippen molar-refractivity contribution in [2.45, 2.75) is 6.54 Å². The van der Waals surface area contributed by atoms with Crippen LogP contribution in [-0.2, 0) is 6.54 Å². The van der Waals surface area contributed by atoms with Gasteiger partial charge in [0.15, 0.2) is 0 Å². The second-order valence-electron chi connectivity index (χ2n) is 4.68. The number of carbonyl (C=O) groups excluding carboxylic acids is 1. The average Bonchev–Trinajstić information content (AvgIpc) is 3.02. The smallest absolute Gasteiger partial charge is 0.251 e. The molecular formula is C16H11BrFN3O2. The highest BCUT2D eigenvalue weighted by Gasteiger charge is 2.13. The summed E-state index contributed by atoms with van der Waals surface area (Å²) in [5, 5.41) is 6.40. The van der Waals surface area contributed by atoms with Gasteiger partial charge in [-0.2, -0.15) is 4.98 Å². The van der Waals surface area contributed by atoms with E-state index in [0.29, 0.717) is 5.56 Å². The molecule has 1 amide bonds. The minimum absolute atomic E-state index is 0.0658. The highest BCUT2D eigenvalue weighted by atomic mass is 79.9. The van der Waals surface area contributed by atoms with Gasteiger partial charge < -0.3 is 9.84 Å². The molecule has 5 nitrogen and oxygen atoms in total. The zero-order chi connectivity index (χ0) is 16.2. The Bertz CT molecular complexity index is 833. The monoisotopic (exact) mass is 375 g/mol. The van der Waals surface area contributed by atoms with Crippen LogP contribution in [0, 0.1) is 5.82 Å². The van der Waals surface area contributed by atoms with E-state index in [0.717, 1.165) is 4.47 Å². The molecule has 0 bridgehead atoms. The number of hydrogen-bond acceptors (Lipinski definition) is 4. The molecule has 0 spiro atoms. The van der Waals surface area contributed by atoms with Crippen LogP contribution >= 0.6 is 15.9 Å². The summed E-state index contributed by atoms with van der Waals surface area (Å²) in [5.74, 6) is -0.341. The predicted octanol–water partition coefficient (Wildman–Crippen LogP) is 3.57. The third kappa shape index (κ3) is 3.62. The van der Waals surface area contributed by atoms with Crippen molar-refractivity contribution in [1.29, 1.82) is 0 Å². The van der Waals surface area contributed by atoms with Crippen molar-refractivity contribution in [3.63, 3.8) is 0 Å². The molecule has 0 radical (unpaired) electrons. The van der Waals surface area contributed by atoms with Crippen molar-refractivity contribution in [2.24, 2.45) is 0 Å². The van der Waals surface area contributed by atoms with Crippen molar-refractivity contribution in [3.05, 3.63) is 70.3 Å². The summed E-state index contributed by atoms with van der Waals surface area (Å²) in [5.41, 5.74) is 0.767. The highest BCUT2D eigenvalue weighted by molar-refractivity contribution is 9.10. The van der Waals surface area contributed by atoms with E-state index in [2.05, 4.69) is 31.4 Å². The molecule has 0 aliphatic rings. The second kappa shape index (κ2) is 6.70. The van der Waals surface area contributed by atoms with Gasteiger partial charge in [-0.05, 0) is 36.4 Å². The molecule has 0 fully saturated rings. The average molecular weight is 376 g/mol. The fourth-order valence-corrected chi connectivity index (χ4v) is 2.20. The normalized spacial score (nSPS) is 10.5. The van der Waals surface area contributed by atoms with E-state index in [-0.39, 0.29) is 29.7 Å². The largest absolute Gasteiger partial charge is 0.343 e. The van der Waals surface area contributed by atoms with Gasteiger partial charge >= 0.3 is 0 Å². The molecule has 116 valence electrons. The zero-order valence-corrected chi connectivity index (χ0v) is 13.4. The summed E-state index contributed by atoms with van der Waals surface area (Å²) in [6.07, 6.45) is 0. The van der Waals surface area contributed by atoms with Gasteiger partial charge in [0.25, 0.3) is 5.91 Å². The van der Waals surface area contributed by atoms with E-state index in [9.17, 15) is 9.18 Å². The van der Waals surface area contributed by atoms with Crippen LogP contribution in [0.2, 0.25) is 0 Å². The predicted molar refractivity (Wildman–Crippen MR) is 85.0 cm³/mol. The van der Waals surface area contributed by atoms with Crippen LogP contribution in [0.5, 0.6) is 0 Å². The standard InChI is InChI=1S/C16H11BrFN3O2/c17-11-7-5-10(6-8-11)16(22)19-9-14-20-15(21-23-14)12-3-1-2-4-13(12)18/h1-8H,9H2,(H,19,22). The number of aromatic nitrogens is 2. The van der Waals surface area contributed by atoms with E-state index in [1.165, 1.54) is 6.07 Å². The van der Waals surface area contributed by atoms with E-state index in [1.807, 2.05) is 0 Å². The summed E-state index contributed by atoms with van der Waals surface area (Å²) in [7, 11) is 0. The fraction of sp³-hybridized carbons (Fsp3) is 0.0625. The fourth-order valence-electron chi connectivity index (χ4n) is 1.94. The van der Waals surface area contributed by atoms with Gasteiger partial charge in [0.1, 0.15) is 5.82 Å². The summed E-state index contributed by atoms with van der Waals surface area (Å²) < 4.78 is 19.6. The molecule has 3 rings (SSSR count). The Labute approximate surface area is 139 Å². The minimum Gasteiger partial charge on any atom is -0.343 e. The van der Waals surface area contributed by atoms with E-state index < -0.39 is 5.82 Å². The highest BCUT2D eigenvalue weighted by Crippen LogP contribution is 2.19. The Kier molecular flexibility index (Phi) is 4.47. The van der Waals surface area contributed by atoms with Crippen LogP contribution in [0.4, 0.5) is 4.39 Å². The molecule has 1 N–H and O–H groups in total. The Morgan fingerprint density at radius 3 is 2.65 bits per heavy atom. The van der Waals surface area contributed by atoms with Gasteiger partial charge in [-0.25, -0.2) is 4.39 Å². The molecule has 23 heavy (non-hydrogen) atoms. The van der Waals surface area contributed by atoms with Crippen molar-refractivity contribution >= 4 is 21.8 Å². The van der Waals surface area contributed by atoms with Crippen molar-refractivity contribution in [2.75, 3.05) is 0 Å². The summed E-state index contributed by atoms with van der Waals surface area (Å²) in [6.45, 7) is 0.0658. The number of rotatable bonds is 4.